The minimum atomic E-state index is -0.579. The molecule has 0 fully saturated rings. The summed E-state index contributed by atoms with van der Waals surface area (Å²) in [5.74, 6) is -0.0401. The fourth-order valence-corrected chi connectivity index (χ4v) is 4.22. The fraction of sp³-hybridized carbons (Fsp3) is 0.300. The quantitative estimate of drug-likeness (QED) is 0.265. The molecule has 0 aliphatic rings. The Labute approximate surface area is 216 Å². The van der Waals surface area contributed by atoms with Gasteiger partial charge in [-0.15, -0.1) is 0 Å². The predicted octanol–water partition coefficient (Wildman–Crippen LogP) is 6.32. The number of aryl methyl sites for hydroxylation is 1. The van der Waals surface area contributed by atoms with E-state index in [4.69, 9.17) is 9.72 Å². The molecule has 1 aromatic heterocycles. The first-order valence-electron chi connectivity index (χ1n) is 12.5. The number of hydrogen-bond donors (Lipinski definition) is 0. The van der Waals surface area contributed by atoms with Gasteiger partial charge in [0.25, 0.3) is 5.91 Å². The number of imidazole rings is 1. The number of nitrogens with zero attached hydrogens (tertiary/aromatic N) is 3. The van der Waals surface area contributed by atoms with Crippen molar-refractivity contribution >= 4 is 28.6 Å². The molecule has 1 amide bonds. The van der Waals surface area contributed by atoms with Crippen molar-refractivity contribution in [2.24, 2.45) is 0 Å². The smallest absolute Gasteiger partial charge is 0.326 e. The van der Waals surface area contributed by atoms with Crippen molar-refractivity contribution in [3.8, 4) is 0 Å². The fourth-order valence-electron chi connectivity index (χ4n) is 4.22. The lowest BCUT2D eigenvalue weighted by atomic mass is 10.1. The SMILES string of the molecule is CCCc1nc2cc(N(Cc3ccc(F)cc3)C(=O)c3ccccc3)ccc2n1CC(=O)OC(C)(C)C. The summed E-state index contributed by atoms with van der Waals surface area (Å²) in [6, 6.07) is 20.8. The third-order valence-electron chi connectivity index (χ3n) is 5.82. The standard InChI is InChI=1S/C30H32FN3O3/c1-5-9-27-32-25-18-24(16-17-26(25)34(27)20-28(35)37-30(2,3)4)33(19-21-12-14-23(31)15-13-21)29(36)22-10-7-6-8-11-22/h6-8,10-18H,5,9,19-20H2,1-4H3. The van der Waals surface area contributed by atoms with E-state index in [0.29, 0.717) is 23.2 Å². The lowest BCUT2D eigenvalue weighted by molar-refractivity contribution is -0.155. The number of carbonyl (C=O) groups is 2. The van der Waals surface area contributed by atoms with Crippen LogP contribution in [0, 0.1) is 5.82 Å². The molecular weight excluding hydrogens is 469 g/mol. The summed E-state index contributed by atoms with van der Waals surface area (Å²) in [4.78, 5) is 32.7. The Morgan fingerprint density at radius 3 is 2.35 bits per heavy atom. The Kier molecular flexibility index (Phi) is 7.71. The highest BCUT2D eigenvalue weighted by Gasteiger charge is 2.22. The van der Waals surface area contributed by atoms with Crippen molar-refractivity contribution in [3.63, 3.8) is 0 Å². The monoisotopic (exact) mass is 501 g/mol. The number of ether oxygens (including phenoxy) is 1. The molecule has 4 rings (SSSR count). The normalized spacial score (nSPS) is 11.5. The minimum Gasteiger partial charge on any atom is -0.459 e. The van der Waals surface area contributed by atoms with Gasteiger partial charge in [0.1, 0.15) is 23.8 Å². The first-order valence-corrected chi connectivity index (χ1v) is 12.5. The zero-order valence-electron chi connectivity index (χ0n) is 21.7. The minimum absolute atomic E-state index is 0.0602. The first-order chi connectivity index (χ1) is 17.6. The summed E-state index contributed by atoms with van der Waals surface area (Å²) < 4.78 is 20.9. The van der Waals surface area contributed by atoms with E-state index in [2.05, 4.69) is 6.92 Å². The second kappa shape index (κ2) is 10.9. The summed E-state index contributed by atoms with van der Waals surface area (Å²) in [5, 5.41) is 0. The third kappa shape index (κ3) is 6.42. The van der Waals surface area contributed by atoms with Crippen LogP contribution in [0.15, 0.2) is 72.8 Å². The molecule has 0 aliphatic carbocycles. The molecule has 192 valence electrons. The number of benzene rings is 3. The van der Waals surface area contributed by atoms with Gasteiger partial charge in [-0.1, -0.05) is 37.3 Å². The summed E-state index contributed by atoms with van der Waals surface area (Å²) in [5.41, 5.74) is 2.92. The summed E-state index contributed by atoms with van der Waals surface area (Å²) in [6.07, 6.45) is 1.57. The second-order valence-corrected chi connectivity index (χ2v) is 10.0. The molecule has 0 unspecified atom stereocenters. The molecule has 7 heteroatoms. The number of rotatable bonds is 8. The average Bonchev–Trinajstić information content (AvgIpc) is 3.18. The van der Waals surface area contributed by atoms with Gasteiger partial charge < -0.3 is 14.2 Å². The van der Waals surface area contributed by atoms with Crippen molar-refractivity contribution < 1.29 is 18.7 Å². The molecule has 0 saturated heterocycles. The number of hydrogen-bond acceptors (Lipinski definition) is 4. The Bertz CT molecular complexity index is 1390. The topological polar surface area (TPSA) is 64.4 Å². The van der Waals surface area contributed by atoms with Crippen molar-refractivity contribution in [1.29, 1.82) is 0 Å². The zero-order chi connectivity index (χ0) is 26.6. The van der Waals surface area contributed by atoms with Crippen LogP contribution in [-0.4, -0.2) is 27.0 Å². The summed E-state index contributed by atoms with van der Waals surface area (Å²) in [7, 11) is 0. The van der Waals surface area contributed by atoms with E-state index in [1.54, 1.807) is 29.2 Å². The number of esters is 1. The van der Waals surface area contributed by atoms with Gasteiger partial charge >= 0.3 is 5.97 Å². The van der Waals surface area contributed by atoms with Crippen LogP contribution in [0.1, 0.15) is 55.9 Å². The van der Waals surface area contributed by atoms with Gasteiger partial charge in [-0.25, -0.2) is 9.37 Å². The maximum atomic E-state index is 13.6. The van der Waals surface area contributed by atoms with E-state index < -0.39 is 5.60 Å². The van der Waals surface area contributed by atoms with Crippen molar-refractivity contribution in [2.45, 2.75) is 59.2 Å². The zero-order valence-corrected chi connectivity index (χ0v) is 21.7. The number of halogens is 1. The molecule has 1 heterocycles. The van der Waals surface area contributed by atoms with Crippen LogP contribution in [0.5, 0.6) is 0 Å². The largest absolute Gasteiger partial charge is 0.459 e. The number of anilines is 1. The molecule has 0 atom stereocenters. The maximum Gasteiger partial charge on any atom is 0.326 e. The number of aromatic nitrogens is 2. The molecule has 0 aliphatic heterocycles. The maximum absolute atomic E-state index is 13.6. The summed E-state index contributed by atoms with van der Waals surface area (Å²) >= 11 is 0. The highest BCUT2D eigenvalue weighted by molar-refractivity contribution is 6.06. The number of fused-ring (bicyclic) bond motifs is 1. The van der Waals surface area contributed by atoms with Crippen LogP contribution in [-0.2, 0) is 29.0 Å². The highest BCUT2D eigenvalue weighted by Crippen LogP contribution is 2.27. The third-order valence-corrected chi connectivity index (χ3v) is 5.82. The van der Waals surface area contributed by atoms with Crippen molar-refractivity contribution in [2.75, 3.05) is 4.90 Å². The van der Waals surface area contributed by atoms with Gasteiger partial charge in [0.2, 0.25) is 0 Å². The van der Waals surface area contributed by atoms with Crippen molar-refractivity contribution in [1.82, 2.24) is 9.55 Å². The van der Waals surface area contributed by atoms with Crippen LogP contribution in [0.3, 0.4) is 0 Å². The van der Waals surface area contributed by atoms with Gasteiger partial charge in [0.15, 0.2) is 0 Å². The van der Waals surface area contributed by atoms with E-state index >= 15 is 0 Å². The molecule has 0 radical (unpaired) electrons. The summed E-state index contributed by atoms with van der Waals surface area (Å²) in [6.45, 7) is 7.91. The van der Waals surface area contributed by atoms with E-state index in [0.717, 1.165) is 23.3 Å². The Morgan fingerprint density at radius 1 is 1.00 bits per heavy atom. The van der Waals surface area contributed by atoms with Gasteiger partial charge in [-0.2, -0.15) is 0 Å². The van der Waals surface area contributed by atoms with Crippen LogP contribution < -0.4 is 4.90 Å². The molecule has 37 heavy (non-hydrogen) atoms. The lowest BCUT2D eigenvalue weighted by Gasteiger charge is -2.23. The average molecular weight is 502 g/mol. The highest BCUT2D eigenvalue weighted by atomic mass is 19.1. The second-order valence-electron chi connectivity index (χ2n) is 10.0. The van der Waals surface area contributed by atoms with Gasteiger partial charge in [-0.3, -0.25) is 9.59 Å². The molecule has 0 N–H and O–H groups in total. The van der Waals surface area contributed by atoms with Crippen LogP contribution in [0.4, 0.5) is 10.1 Å². The Balaban J connectivity index is 1.74. The predicted molar refractivity (Wildman–Crippen MR) is 143 cm³/mol. The molecule has 0 spiro atoms. The van der Waals surface area contributed by atoms with Gasteiger partial charge in [-0.05, 0) is 75.2 Å². The molecule has 0 saturated carbocycles. The van der Waals surface area contributed by atoms with E-state index in [9.17, 15) is 14.0 Å². The number of carbonyl (C=O) groups excluding carboxylic acids is 2. The van der Waals surface area contributed by atoms with E-state index in [1.807, 2.05) is 61.7 Å². The van der Waals surface area contributed by atoms with E-state index in [1.165, 1.54) is 12.1 Å². The first kappa shape index (κ1) is 26.1. The molecule has 0 bridgehead atoms. The molecule has 4 aromatic rings. The lowest BCUT2D eigenvalue weighted by Crippen LogP contribution is -2.30. The van der Waals surface area contributed by atoms with Crippen LogP contribution >= 0.6 is 0 Å². The van der Waals surface area contributed by atoms with Crippen LogP contribution in [0.25, 0.3) is 11.0 Å². The molecule has 3 aromatic carbocycles. The van der Waals surface area contributed by atoms with Gasteiger partial charge in [0.05, 0.1) is 17.6 Å². The van der Waals surface area contributed by atoms with Crippen molar-refractivity contribution in [3.05, 3.63) is 95.6 Å². The number of amides is 1. The van der Waals surface area contributed by atoms with Gasteiger partial charge in [0, 0.05) is 17.7 Å². The molecule has 6 nitrogen and oxygen atoms in total. The Hall–Kier alpha value is -4.00. The van der Waals surface area contributed by atoms with Crippen LogP contribution in [0.2, 0.25) is 0 Å². The van der Waals surface area contributed by atoms with E-state index in [-0.39, 0.29) is 30.8 Å². The Morgan fingerprint density at radius 2 is 1.70 bits per heavy atom. The molecular formula is C30H32FN3O3.